The van der Waals surface area contributed by atoms with Gasteiger partial charge in [0.25, 0.3) is 0 Å². The van der Waals surface area contributed by atoms with E-state index >= 15 is 0 Å². The van der Waals surface area contributed by atoms with Gasteiger partial charge in [-0.25, -0.2) is 0 Å². The Morgan fingerprint density at radius 1 is 0.731 bits per heavy atom. The van der Waals surface area contributed by atoms with Gasteiger partial charge in [0.15, 0.2) is 0 Å². The molecule has 0 unspecified atom stereocenters. The summed E-state index contributed by atoms with van der Waals surface area (Å²) in [4.78, 5) is 0. The van der Waals surface area contributed by atoms with Crippen molar-refractivity contribution in [1.82, 2.24) is 0 Å². The van der Waals surface area contributed by atoms with Crippen LogP contribution in [0.4, 0.5) is 5.69 Å². The van der Waals surface area contributed by atoms with Gasteiger partial charge in [-0.1, -0.05) is 50.9 Å². The van der Waals surface area contributed by atoms with E-state index in [2.05, 4.69) is 30.6 Å². The number of anilines is 1. The van der Waals surface area contributed by atoms with E-state index in [1.807, 2.05) is 48.5 Å². The van der Waals surface area contributed by atoms with Crippen molar-refractivity contribution in [3.05, 3.63) is 59.7 Å². The Kier molecular flexibility index (Phi) is 8.74. The van der Waals surface area contributed by atoms with E-state index in [1.165, 1.54) is 32.1 Å². The first-order valence-corrected chi connectivity index (χ1v) is 9.38. The molecule has 0 aromatic heterocycles. The largest absolute Gasteiger partial charge is 0.494 e. The fraction of sp³-hybridized carbons (Fsp3) is 0.333. The zero-order valence-electron chi connectivity index (χ0n) is 15.6. The van der Waals surface area contributed by atoms with Crippen LogP contribution in [0.5, 0.6) is 5.75 Å². The molecule has 0 spiro atoms. The van der Waals surface area contributed by atoms with Crippen molar-refractivity contribution < 1.29 is 4.74 Å². The summed E-state index contributed by atoms with van der Waals surface area (Å²) in [6.45, 7) is 3.02. The van der Waals surface area contributed by atoms with Crippen molar-refractivity contribution in [2.75, 3.05) is 12.3 Å². The number of hydrogen-bond donors (Lipinski definition) is 1. The SMILES string of the molecule is CCCCCCCCOc1ccc(C#CC#Cc2ccc(N)cc2)cc1. The Labute approximate surface area is 157 Å². The highest BCUT2D eigenvalue weighted by atomic mass is 16.5. The van der Waals surface area contributed by atoms with Crippen molar-refractivity contribution in [1.29, 1.82) is 0 Å². The van der Waals surface area contributed by atoms with Gasteiger partial charge in [0, 0.05) is 16.8 Å². The molecule has 0 radical (unpaired) electrons. The molecule has 0 bridgehead atoms. The van der Waals surface area contributed by atoms with Gasteiger partial charge in [-0.15, -0.1) is 0 Å². The van der Waals surface area contributed by atoms with E-state index in [0.717, 1.165) is 35.6 Å². The van der Waals surface area contributed by atoms with Crippen LogP contribution in [0.25, 0.3) is 0 Å². The standard InChI is InChI=1S/C24H27NO/c1-2-3-4-5-6-9-20-26-24-18-14-22(15-19-24)11-8-7-10-21-12-16-23(25)17-13-21/h12-19H,2-6,9,20,25H2,1H3. The average Bonchev–Trinajstić information content (AvgIpc) is 2.67. The third kappa shape index (κ3) is 7.82. The molecule has 0 aliphatic carbocycles. The van der Waals surface area contributed by atoms with Crippen LogP contribution in [0, 0.1) is 23.7 Å². The van der Waals surface area contributed by atoms with Crippen molar-refractivity contribution in [3.8, 4) is 29.4 Å². The molecule has 134 valence electrons. The summed E-state index contributed by atoms with van der Waals surface area (Å²) in [5.74, 6) is 12.7. The molecule has 2 heteroatoms. The first-order chi connectivity index (χ1) is 12.8. The van der Waals surface area contributed by atoms with Gasteiger partial charge in [-0.05, 0) is 66.8 Å². The number of unbranched alkanes of at least 4 members (excludes halogenated alkanes) is 5. The zero-order valence-corrected chi connectivity index (χ0v) is 15.6. The highest BCUT2D eigenvalue weighted by Crippen LogP contribution is 2.13. The Morgan fingerprint density at radius 3 is 1.88 bits per heavy atom. The maximum Gasteiger partial charge on any atom is 0.119 e. The summed E-state index contributed by atoms with van der Waals surface area (Å²) in [7, 11) is 0. The zero-order chi connectivity index (χ0) is 18.5. The lowest BCUT2D eigenvalue weighted by atomic mass is 10.1. The lowest BCUT2D eigenvalue weighted by Crippen LogP contribution is -1.97. The van der Waals surface area contributed by atoms with Crippen molar-refractivity contribution in [2.45, 2.75) is 45.4 Å². The lowest BCUT2D eigenvalue weighted by Gasteiger charge is -2.06. The quantitative estimate of drug-likeness (QED) is 0.394. The van der Waals surface area contributed by atoms with Gasteiger partial charge in [0.2, 0.25) is 0 Å². The number of benzene rings is 2. The van der Waals surface area contributed by atoms with Crippen LogP contribution >= 0.6 is 0 Å². The molecule has 2 aromatic carbocycles. The molecule has 26 heavy (non-hydrogen) atoms. The van der Waals surface area contributed by atoms with Crippen LogP contribution in [0.2, 0.25) is 0 Å². The lowest BCUT2D eigenvalue weighted by molar-refractivity contribution is 0.304. The second kappa shape index (κ2) is 11.7. The first-order valence-electron chi connectivity index (χ1n) is 9.38. The molecule has 0 saturated heterocycles. The van der Waals surface area contributed by atoms with E-state index in [1.54, 1.807) is 0 Å². The summed E-state index contributed by atoms with van der Waals surface area (Å²) in [6.07, 6.45) is 7.64. The Balaban J connectivity index is 1.73. The summed E-state index contributed by atoms with van der Waals surface area (Å²) >= 11 is 0. The average molecular weight is 345 g/mol. The molecule has 0 aliphatic rings. The van der Waals surface area contributed by atoms with E-state index in [0.29, 0.717) is 0 Å². The predicted octanol–water partition coefficient (Wildman–Crippen LogP) is 5.41. The van der Waals surface area contributed by atoms with E-state index in [9.17, 15) is 0 Å². The number of ether oxygens (including phenoxy) is 1. The molecule has 0 heterocycles. The van der Waals surface area contributed by atoms with Crippen molar-refractivity contribution in [2.24, 2.45) is 0 Å². The Bertz CT molecular complexity index is 767. The van der Waals surface area contributed by atoms with Crippen LogP contribution in [-0.4, -0.2) is 6.61 Å². The molecule has 2 aromatic rings. The van der Waals surface area contributed by atoms with Crippen LogP contribution in [-0.2, 0) is 0 Å². The molecule has 2 rings (SSSR count). The summed E-state index contributed by atoms with van der Waals surface area (Å²) in [6, 6.07) is 15.3. The molecule has 0 amide bonds. The minimum absolute atomic E-state index is 0.737. The highest BCUT2D eigenvalue weighted by Gasteiger charge is 1.95. The molecular formula is C24H27NO. The van der Waals surface area contributed by atoms with Gasteiger partial charge < -0.3 is 10.5 Å². The van der Waals surface area contributed by atoms with Crippen molar-refractivity contribution >= 4 is 5.69 Å². The van der Waals surface area contributed by atoms with E-state index < -0.39 is 0 Å². The second-order valence-electron chi connectivity index (χ2n) is 6.26. The van der Waals surface area contributed by atoms with Gasteiger partial charge in [-0.2, -0.15) is 0 Å². The summed E-state index contributed by atoms with van der Waals surface area (Å²) < 4.78 is 5.77. The smallest absolute Gasteiger partial charge is 0.119 e. The summed E-state index contributed by atoms with van der Waals surface area (Å²) in [5.41, 5.74) is 8.23. The van der Waals surface area contributed by atoms with Gasteiger partial charge >= 0.3 is 0 Å². The molecule has 0 atom stereocenters. The molecule has 2 nitrogen and oxygen atoms in total. The third-order valence-electron chi connectivity index (χ3n) is 4.01. The minimum Gasteiger partial charge on any atom is -0.494 e. The van der Waals surface area contributed by atoms with Crippen LogP contribution in [0.3, 0.4) is 0 Å². The fourth-order valence-corrected chi connectivity index (χ4v) is 2.48. The number of hydrogen-bond acceptors (Lipinski definition) is 2. The minimum atomic E-state index is 0.737. The second-order valence-corrected chi connectivity index (χ2v) is 6.26. The van der Waals surface area contributed by atoms with Crippen molar-refractivity contribution in [3.63, 3.8) is 0 Å². The van der Waals surface area contributed by atoms with Gasteiger partial charge in [-0.3, -0.25) is 0 Å². The molecule has 0 saturated carbocycles. The van der Waals surface area contributed by atoms with Gasteiger partial charge in [0.1, 0.15) is 5.75 Å². The maximum atomic E-state index is 5.77. The summed E-state index contributed by atoms with van der Waals surface area (Å²) in [5, 5.41) is 0. The molecule has 0 fully saturated rings. The predicted molar refractivity (Wildman–Crippen MR) is 110 cm³/mol. The van der Waals surface area contributed by atoms with Crippen LogP contribution in [0.15, 0.2) is 48.5 Å². The van der Waals surface area contributed by atoms with E-state index in [4.69, 9.17) is 10.5 Å². The third-order valence-corrected chi connectivity index (χ3v) is 4.01. The highest BCUT2D eigenvalue weighted by molar-refractivity contribution is 5.48. The number of rotatable bonds is 8. The van der Waals surface area contributed by atoms with Crippen LogP contribution < -0.4 is 10.5 Å². The first kappa shape index (κ1) is 19.5. The molecular weight excluding hydrogens is 318 g/mol. The molecule has 2 N–H and O–H groups in total. The van der Waals surface area contributed by atoms with Gasteiger partial charge in [0.05, 0.1) is 6.61 Å². The molecule has 0 aliphatic heterocycles. The van der Waals surface area contributed by atoms with Crippen LogP contribution in [0.1, 0.15) is 56.6 Å². The number of nitrogens with two attached hydrogens (primary N) is 1. The fourth-order valence-electron chi connectivity index (χ4n) is 2.48. The Hall–Kier alpha value is -2.84. The number of nitrogen functional groups attached to an aromatic ring is 1. The maximum absolute atomic E-state index is 5.77. The normalized spacial score (nSPS) is 9.58. The monoisotopic (exact) mass is 345 g/mol. The Morgan fingerprint density at radius 2 is 1.27 bits per heavy atom. The topological polar surface area (TPSA) is 35.2 Å². The van der Waals surface area contributed by atoms with E-state index in [-0.39, 0.29) is 0 Å².